The van der Waals surface area contributed by atoms with Crippen LogP contribution in [0.15, 0.2) is 30.5 Å². The maximum absolute atomic E-state index is 4.54. The highest BCUT2D eigenvalue weighted by Gasteiger charge is 2.20. The number of rotatable bonds is 5. The van der Waals surface area contributed by atoms with Crippen molar-refractivity contribution in [2.75, 3.05) is 0 Å². The molecule has 2 nitrogen and oxygen atoms in total. The smallest absolute Gasteiger partial charge is 0.123 e. The Kier molecular flexibility index (Phi) is 3.67. The summed E-state index contributed by atoms with van der Waals surface area (Å²) in [5, 5.41) is 4.66. The minimum atomic E-state index is 0.587. The van der Waals surface area contributed by atoms with E-state index >= 15 is 0 Å². The molecule has 0 spiro atoms. The van der Waals surface area contributed by atoms with Gasteiger partial charge in [-0.2, -0.15) is 0 Å². The van der Waals surface area contributed by atoms with Crippen molar-refractivity contribution in [2.24, 2.45) is 0 Å². The molecule has 0 atom stereocenters. The first kappa shape index (κ1) is 12.8. The number of hydrogen-bond donors (Lipinski definition) is 1. The van der Waals surface area contributed by atoms with Gasteiger partial charge in [0.1, 0.15) is 5.01 Å². The van der Waals surface area contributed by atoms with Gasteiger partial charge in [0.15, 0.2) is 0 Å². The molecule has 0 unspecified atom stereocenters. The van der Waals surface area contributed by atoms with Gasteiger partial charge in [-0.05, 0) is 24.3 Å². The molecular formula is C16H20N2S. The van der Waals surface area contributed by atoms with Gasteiger partial charge in [0.05, 0.1) is 0 Å². The molecule has 1 aliphatic carbocycles. The number of aromatic nitrogens is 1. The van der Waals surface area contributed by atoms with Crippen molar-refractivity contribution in [3.8, 4) is 10.6 Å². The minimum Gasteiger partial charge on any atom is -0.309 e. The van der Waals surface area contributed by atoms with Gasteiger partial charge in [-0.15, -0.1) is 11.3 Å². The molecule has 100 valence electrons. The van der Waals surface area contributed by atoms with Crippen LogP contribution in [0, 0.1) is 0 Å². The molecule has 0 aliphatic heterocycles. The van der Waals surface area contributed by atoms with Crippen molar-refractivity contribution in [3.05, 3.63) is 40.9 Å². The number of benzene rings is 1. The lowest BCUT2D eigenvalue weighted by atomic mass is 10.0. The van der Waals surface area contributed by atoms with E-state index in [1.165, 1.54) is 28.8 Å². The van der Waals surface area contributed by atoms with Crippen molar-refractivity contribution < 1.29 is 0 Å². The van der Waals surface area contributed by atoms with Gasteiger partial charge in [-0.1, -0.05) is 38.1 Å². The van der Waals surface area contributed by atoms with Gasteiger partial charge in [0.25, 0.3) is 0 Å². The Hall–Kier alpha value is -1.19. The van der Waals surface area contributed by atoms with E-state index in [2.05, 4.69) is 48.4 Å². The predicted octanol–water partition coefficient (Wildman–Crippen LogP) is 4.19. The van der Waals surface area contributed by atoms with Crippen LogP contribution in [-0.4, -0.2) is 11.0 Å². The number of nitrogens with one attached hydrogen (secondary N) is 1. The summed E-state index contributed by atoms with van der Waals surface area (Å²) in [6, 6.07) is 9.56. The fourth-order valence-electron chi connectivity index (χ4n) is 2.07. The van der Waals surface area contributed by atoms with Crippen LogP contribution < -0.4 is 5.32 Å². The van der Waals surface area contributed by atoms with E-state index < -0.39 is 0 Å². The van der Waals surface area contributed by atoms with Gasteiger partial charge in [0.2, 0.25) is 0 Å². The maximum atomic E-state index is 4.54. The molecule has 0 radical (unpaired) electrons. The summed E-state index contributed by atoms with van der Waals surface area (Å²) in [4.78, 5) is 5.87. The maximum Gasteiger partial charge on any atom is 0.123 e. The van der Waals surface area contributed by atoms with Crippen LogP contribution in [-0.2, 0) is 6.54 Å². The molecule has 2 aromatic rings. The molecule has 1 aromatic heterocycles. The summed E-state index contributed by atoms with van der Waals surface area (Å²) < 4.78 is 0. The summed E-state index contributed by atoms with van der Waals surface area (Å²) >= 11 is 1.80. The molecule has 3 heteroatoms. The van der Waals surface area contributed by atoms with Crippen molar-refractivity contribution in [1.29, 1.82) is 0 Å². The van der Waals surface area contributed by atoms with Crippen molar-refractivity contribution in [1.82, 2.24) is 10.3 Å². The third kappa shape index (κ3) is 3.23. The molecule has 1 N–H and O–H groups in total. The van der Waals surface area contributed by atoms with Crippen molar-refractivity contribution in [2.45, 2.75) is 45.2 Å². The van der Waals surface area contributed by atoms with E-state index in [0.717, 1.165) is 17.6 Å². The fourth-order valence-corrected chi connectivity index (χ4v) is 2.93. The summed E-state index contributed by atoms with van der Waals surface area (Å²) in [5.74, 6) is 0.587. The van der Waals surface area contributed by atoms with Gasteiger partial charge in [-0.3, -0.25) is 0 Å². The Balaban J connectivity index is 1.70. The zero-order chi connectivity index (χ0) is 13.2. The van der Waals surface area contributed by atoms with E-state index in [-0.39, 0.29) is 0 Å². The summed E-state index contributed by atoms with van der Waals surface area (Å²) in [6.07, 6.45) is 4.68. The molecule has 0 amide bonds. The molecule has 3 rings (SSSR count). The molecule has 0 bridgehead atoms. The van der Waals surface area contributed by atoms with Gasteiger partial charge >= 0.3 is 0 Å². The first-order chi connectivity index (χ1) is 9.22. The Morgan fingerprint density at radius 2 is 2.00 bits per heavy atom. The Labute approximate surface area is 118 Å². The quantitative estimate of drug-likeness (QED) is 0.883. The highest BCUT2D eigenvalue weighted by molar-refractivity contribution is 7.15. The lowest BCUT2D eigenvalue weighted by molar-refractivity contribution is 0.694. The highest BCUT2D eigenvalue weighted by Crippen LogP contribution is 2.27. The van der Waals surface area contributed by atoms with Crippen LogP contribution in [0.2, 0.25) is 0 Å². The molecule has 1 heterocycles. The second-order valence-corrected chi connectivity index (χ2v) is 6.68. The van der Waals surface area contributed by atoms with Crippen LogP contribution >= 0.6 is 11.3 Å². The first-order valence-corrected chi connectivity index (χ1v) is 7.82. The van der Waals surface area contributed by atoms with E-state index in [9.17, 15) is 0 Å². The average molecular weight is 272 g/mol. The zero-order valence-corrected chi connectivity index (χ0v) is 12.3. The number of nitrogens with zero attached hydrogens (tertiary/aromatic N) is 1. The lowest BCUT2D eigenvalue weighted by Gasteiger charge is -2.05. The molecule has 0 saturated heterocycles. The van der Waals surface area contributed by atoms with Crippen LogP contribution in [0.3, 0.4) is 0 Å². The molecule has 1 aromatic carbocycles. The number of hydrogen-bond acceptors (Lipinski definition) is 3. The predicted molar refractivity (Wildman–Crippen MR) is 81.5 cm³/mol. The lowest BCUT2D eigenvalue weighted by Crippen LogP contribution is -2.14. The molecule has 19 heavy (non-hydrogen) atoms. The molecular weight excluding hydrogens is 252 g/mol. The fraction of sp³-hybridized carbons (Fsp3) is 0.438. The van der Waals surface area contributed by atoms with Crippen LogP contribution in [0.4, 0.5) is 0 Å². The molecule has 1 fully saturated rings. The Morgan fingerprint density at radius 3 is 2.63 bits per heavy atom. The Morgan fingerprint density at radius 1 is 1.26 bits per heavy atom. The topological polar surface area (TPSA) is 24.9 Å². The Bertz CT molecular complexity index is 538. The standard InChI is InChI=1S/C16H20N2S/c1-11(2)12-3-5-13(6-4-12)16-18-10-15(19-16)9-17-14-7-8-14/h3-6,10-11,14,17H,7-9H2,1-2H3. The van der Waals surface area contributed by atoms with E-state index in [1.54, 1.807) is 11.3 Å². The van der Waals surface area contributed by atoms with E-state index in [0.29, 0.717) is 5.92 Å². The second-order valence-electron chi connectivity index (χ2n) is 5.56. The zero-order valence-electron chi connectivity index (χ0n) is 11.5. The summed E-state index contributed by atoms with van der Waals surface area (Å²) in [7, 11) is 0. The summed E-state index contributed by atoms with van der Waals surface area (Å²) in [6.45, 7) is 5.41. The average Bonchev–Trinajstić information content (AvgIpc) is 3.13. The minimum absolute atomic E-state index is 0.587. The first-order valence-electron chi connectivity index (χ1n) is 7.01. The van der Waals surface area contributed by atoms with E-state index in [4.69, 9.17) is 0 Å². The van der Waals surface area contributed by atoms with Crippen molar-refractivity contribution >= 4 is 11.3 Å². The van der Waals surface area contributed by atoms with Crippen LogP contribution in [0.1, 0.15) is 43.0 Å². The van der Waals surface area contributed by atoms with Gasteiger partial charge in [0, 0.05) is 29.2 Å². The highest BCUT2D eigenvalue weighted by atomic mass is 32.1. The third-order valence-corrected chi connectivity index (χ3v) is 4.57. The third-order valence-electron chi connectivity index (χ3n) is 3.52. The van der Waals surface area contributed by atoms with Gasteiger partial charge < -0.3 is 5.32 Å². The van der Waals surface area contributed by atoms with Crippen molar-refractivity contribution in [3.63, 3.8) is 0 Å². The SMILES string of the molecule is CC(C)c1ccc(-c2ncc(CNC3CC3)s2)cc1. The van der Waals surface area contributed by atoms with Gasteiger partial charge in [-0.25, -0.2) is 4.98 Å². The summed E-state index contributed by atoms with van der Waals surface area (Å²) in [5.41, 5.74) is 2.61. The van der Waals surface area contributed by atoms with Crippen LogP contribution in [0.25, 0.3) is 10.6 Å². The second kappa shape index (κ2) is 5.43. The monoisotopic (exact) mass is 272 g/mol. The van der Waals surface area contributed by atoms with Crippen LogP contribution in [0.5, 0.6) is 0 Å². The number of thiazole rings is 1. The normalized spacial score (nSPS) is 15.1. The van der Waals surface area contributed by atoms with E-state index in [1.807, 2.05) is 6.20 Å². The molecule has 1 saturated carbocycles. The molecule has 1 aliphatic rings. The largest absolute Gasteiger partial charge is 0.309 e.